The Morgan fingerprint density at radius 3 is 2.69 bits per heavy atom. The number of aromatic nitrogens is 1. The summed E-state index contributed by atoms with van der Waals surface area (Å²) >= 11 is 0. The van der Waals surface area contributed by atoms with Crippen LogP contribution in [-0.2, 0) is 22.4 Å². The largest absolute Gasteiger partial charge is 0.491 e. The van der Waals surface area contributed by atoms with Gasteiger partial charge in [0.25, 0.3) is 5.56 Å². The Labute approximate surface area is 171 Å². The van der Waals surface area contributed by atoms with E-state index in [9.17, 15) is 4.79 Å². The second-order valence-corrected chi connectivity index (χ2v) is 7.58. The van der Waals surface area contributed by atoms with Crippen molar-refractivity contribution in [2.75, 3.05) is 26.4 Å². The maximum Gasteiger partial charge on any atom is 0.254 e. The molecular formula is C24H27NO4. The van der Waals surface area contributed by atoms with Crippen molar-refractivity contribution in [1.29, 1.82) is 0 Å². The minimum atomic E-state index is -0.0854. The highest BCUT2D eigenvalue weighted by Crippen LogP contribution is 2.27. The lowest BCUT2D eigenvalue weighted by molar-refractivity contribution is -0.101. The molecule has 0 radical (unpaired) electrons. The Kier molecular flexibility index (Phi) is 6.33. The molecule has 5 heteroatoms. The number of rotatable bonds is 6. The van der Waals surface area contributed by atoms with E-state index in [0.717, 1.165) is 23.2 Å². The van der Waals surface area contributed by atoms with Gasteiger partial charge in [-0.15, -0.1) is 0 Å². The number of pyridine rings is 1. The van der Waals surface area contributed by atoms with Crippen LogP contribution in [-0.4, -0.2) is 37.1 Å². The molecule has 1 aromatic heterocycles. The van der Waals surface area contributed by atoms with E-state index in [2.05, 4.69) is 11.8 Å². The van der Waals surface area contributed by atoms with Crippen molar-refractivity contribution in [2.45, 2.75) is 38.8 Å². The second kappa shape index (κ2) is 9.30. The number of hydrogen-bond acceptors (Lipinski definition) is 4. The van der Waals surface area contributed by atoms with Crippen LogP contribution in [0, 0.1) is 17.8 Å². The highest BCUT2D eigenvalue weighted by atomic mass is 16.6. The van der Waals surface area contributed by atoms with E-state index in [-0.39, 0.29) is 11.7 Å². The lowest BCUT2D eigenvalue weighted by Gasteiger charge is -2.23. The van der Waals surface area contributed by atoms with E-state index in [4.69, 9.17) is 14.2 Å². The van der Waals surface area contributed by atoms with Crippen molar-refractivity contribution in [3.8, 4) is 17.6 Å². The molecule has 4 rings (SSSR count). The fourth-order valence-electron chi connectivity index (χ4n) is 3.29. The summed E-state index contributed by atoms with van der Waals surface area (Å²) < 4.78 is 18.6. The number of ether oxygens (including phenoxy) is 3. The van der Waals surface area contributed by atoms with Gasteiger partial charge in [-0.25, -0.2) is 0 Å². The second-order valence-electron chi connectivity index (χ2n) is 7.58. The van der Waals surface area contributed by atoms with Gasteiger partial charge in [-0.1, -0.05) is 30.9 Å². The number of aryl methyl sites for hydroxylation is 1. The molecule has 0 bridgehead atoms. The molecular weight excluding hydrogens is 366 g/mol. The fourth-order valence-corrected chi connectivity index (χ4v) is 3.29. The predicted molar refractivity (Wildman–Crippen MR) is 111 cm³/mol. The summed E-state index contributed by atoms with van der Waals surface area (Å²) in [5, 5.41) is 0. The molecule has 1 aromatic carbocycles. The molecule has 1 atom stereocenters. The summed E-state index contributed by atoms with van der Waals surface area (Å²) in [4.78, 5) is 12.7. The summed E-state index contributed by atoms with van der Waals surface area (Å²) in [6.45, 7) is 4.71. The fraction of sp³-hybridized carbons (Fsp3) is 0.458. The molecule has 0 amide bonds. The van der Waals surface area contributed by atoms with Crippen molar-refractivity contribution < 1.29 is 14.2 Å². The maximum atomic E-state index is 12.7. The highest BCUT2D eigenvalue weighted by molar-refractivity contribution is 5.37. The van der Waals surface area contributed by atoms with Gasteiger partial charge in [-0.2, -0.15) is 0 Å². The minimum absolute atomic E-state index is 0.0576. The van der Waals surface area contributed by atoms with Gasteiger partial charge in [-0.05, 0) is 43.0 Å². The number of hydrogen-bond donors (Lipinski definition) is 0. The van der Waals surface area contributed by atoms with E-state index in [1.54, 1.807) is 10.6 Å². The summed E-state index contributed by atoms with van der Waals surface area (Å²) in [5.41, 5.74) is 3.00. The predicted octanol–water partition coefficient (Wildman–Crippen LogP) is 3.01. The van der Waals surface area contributed by atoms with Crippen LogP contribution in [0.5, 0.6) is 5.75 Å². The van der Waals surface area contributed by atoms with Crippen molar-refractivity contribution >= 4 is 0 Å². The van der Waals surface area contributed by atoms with Crippen molar-refractivity contribution in [1.82, 2.24) is 4.57 Å². The summed E-state index contributed by atoms with van der Waals surface area (Å²) in [5.74, 6) is 7.68. The third-order valence-corrected chi connectivity index (χ3v) is 5.16. The molecule has 2 fully saturated rings. The Bertz CT molecular complexity index is 942. The van der Waals surface area contributed by atoms with Gasteiger partial charge in [-0.3, -0.25) is 4.79 Å². The van der Waals surface area contributed by atoms with Crippen molar-refractivity contribution in [3.05, 3.63) is 63.6 Å². The van der Waals surface area contributed by atoms with Crippen LogP contribution in [0.2, 0.25) is 0 Å². The number of nitrogens with zero attached hydrogens (tertiary/aromatic N) is 1. The molecule has 0 N–H and O–H groups in total. The third-order valence-electron chi connectivity index (χ3n) is 5.16. The summed E-state index contributed by atoms with van der Waals surface area (Å²) in [6.07, 6.45) is 3.13. The Morgan fingerprint density at radius 1 is 1.17 bits per heavy atom. The minimum Gasteiger partial charge on any atom is -0.491 e. The van der Waals surface area contributed by atoms with Crippen LogP contribution in [0.4, 0.5) is 0 Å². The lowest BCUT2D eigenvalue weighted by Crippen LogP contribution is -2.33. The molecule has 1 saturated carbocycles. The van der Waals surface area contributed by atoms with E-state index in [1.807, 2.05) is 37.3 Å². The van der Waals surface area contributed by atoms with Crippen LogP contribution in [0.25, 0.3) is 0 Å². The first-order chi connectivity index (χ1) is 14.2. The van der Waals surface area contributed by atoms with Gasteiger partial charge >= 0.3 is 0 Å². The van der Waals surface area contributed by atoms with Gasteiger partial charge in [0, 0.05) is 23.2 Å². The average molecular weight is 393 g/mol. The van der Waals surface area contributed by atoms with Crippen molar-refractivity contribution in [3.63, 3.8) is 0 Å². The van der Waals surface area contributed by atoms with Gasteiger partial charge < -0.3 is 18.8 Å². The molecule has 2 aliphatic rings. The molecule has 1 aliphatic heterocycles. The number of benzene rings is 1. The van der Waals surface area contributed by atoms with Gasteiger partial charge in [0.15, 0.2) is 0 Å². The third kappa shape index (κ3) is 5.50. The first-order valence-corrected chi connectivity index (χ1v) is 10.4. The van der Waals surface area contributed by atoms with Gasteiger partial charge in [0.1, 0.15) is 18.5 Å². The lowest BCUT2D eigenvalue weighted by atomic mass is 10.1. The average Bonchev–Trinajstić information content (AvgIpc) is 3.58. The van der Waals surface area contributed by atoms with E-state index < -0.39 is 0 Å². The van der Waals surface area contributed by atoms with E-state index in [0.29, 0.717) is 44.6 Å². The quantitative estimate of drug-likeness (QED) is 0.708. The first-order valence-electron chi connectivity index (χ1n) is 10.4. The summed E-state index contributed by atoms with van der Waals surface area (Å²) in [6, 6.07) is 11.7. The van der Waals surface area contributed by atoms with Gasteiger partial charge in [0.05, 0.1) is 26.4 Å². The van der Waals surface area contributed by atoms with Crippen LogP contribution in [0.15, 0.2) is 41.2 Å². The topological polar surface area (TPSA) is 49.7 Å². The molecule has 29 heavy (non-hydrogen) atoms. The van der Waals surface area contributed by atoms with Crippen LogP contribution in [0.3, 0.4) is 0 Å². The Balaban J connectivity index is 1.44. The molecule has 0 spiro atoms. The molecule has 1 saturated heterocycles. The maximum absolute atomic E-state index is 12.7. The molecule has 152 valence electrons. The molecule has 2 heterocycles. The standard InChI is InChI=1S/C24H27NO4/c1-2-21-13-22(29-17-23-16-27-11-12-28-23)14-24(26)25(21)15-20-9-7-19(8-10-20)6-5-18-3-4-18/h7-10,13-14,18,23H,2-4,11-12,15-17H2,1H3. The van der Waals surface area contributed by atoms with Crippen LogP contribution >= 0.6 is 0 Å². The van der Waals surface area contributed by atoms with Gasteiger partial charge in [0.2, 0.25) is 0 Å². The van der Waals surface area contributed by atoms with E-state index >= 15 is 0 Å². The first kappa shape index (κ1) is 19.8. The van der Waals surface area contributed by atoms with Crippen LogP contribution < -0.4 is 10.3 Å². The zero-order chi connectivity index (χ0) is 20.1. The van der Waals surface area contributed by atoms with Crippen molar-refractivity contribution in [2.24, 2.45) is 5.92 Å². The highest BCUT2D eigenvalue weighted by Gasteiger charge is 2.18. The SMILES string of the molecule is CCc1cc(OCC2COCCO2)cc(=O)n1Cc1ccc(C#CC2CC2)cc1. The Hall–Kier alpha value is -2.55. The molecule has 2 aromatic rings. The zero-order valence-corrected chi connectivity index (χ0v) is 16.9. The monoisotopic (exact) mass is 393 g/mol. The smallest absolute Gasteiger partial charge is 0.254 e. The molecule has 1 unspecified atom stereocenters. The Morgan fingerprint density at radius 2 is 2.00 bits per heavy atom. The summed E-state index contributed by atoms with van der Waals surface area (Å²) in [7, 11) is 0. The normalized spacial score (nSPS) is 18.7. The molecule has 1 aliphatic carbocycles. The zero-order valence-electron chi connectivity index (χ0n) is 16.9. The molecule has 5 nitrogen and oxygen atoms in total. The van der Waals surface area contributed by atoms with E-state index in [1.165, 1.54) is 12.8 Å². The van der Waals surface area contributed by atoms with Crippen LogP contribution in [0.1, 0.15) is 36.6 Å².